The minimum absolute atomic E-state index is 0.0490. The van der Waals surface area contributed by atoms with Gasteiger partial charge in [0, 0.05) is 29.7 Å². The van der Waals surface area contributed by atoms with E-state index in [1.54, 1.807) is 16.9 Å². The Kier molecular flexibility index (Phi) is 5.60. The van der Waals surface area contributed by atoms with Crippen LogP contribution in [0.1, 0.15) is 42.6 Å². The van der Waals surface area contributed by atoms with Gasteiger partial charge in [-0.2, -0.15) is 5.10 Å². The van der Waals surface area contributed by atoms with Gasteiger partial charge in [-0.05, 0) is 70.5 Å². The molecule has 1 fully saturated rings. The lowest BCUT2D eigenvalue weighted by atomic mass is 9.87. The lowest BCUT2D eigenvalue weighted by molar-refractivity contribution is -0.126. The quantitative estimate of drug-likeness (QED) is 0.753. The molecule has 1 aliphatic rings. The summed E-state index contributed by atoms with van der Waals surface area (Å²) in [7, 11) is 0. The highest BCUT2D eigenvalue weighted by Crippen LogP contribution is 2.29. The van der Waals surface area contributed by atoms with Crippen molar-refractivity contribution in [2.75, 3.05) is 18.4 Å². The second kappa shape index (κ2) is 7.92. The molecule has 2 heterocycles. The number of aryl methyl sites for hydroxylation is 1. The molecule has 3 rings (SSSR count). The summed E-state index contributed by atoms with van der Waals surface area (Å²) in [4.78, 5) is 25.7. The Morgan fingerprint density at radius 1 is 1.26 bits per heavy atom. The van der Waals surface area contributed by atoms with Crippen LogP contribution in [0, 0.1) is 6.92 Å². The molecule has 0 aliphatic carbocycles. The fourth-order valence-electron chi connectivity index (χ4n) is 3.45. The van der Waals surface area contributed by atoms with Crippen LogP contribution in [-0.4, -0.2) is 40.7 Å². The first kappa shape index (κ1) is 19.1. The average molecular weight is 369 g/mol. The summed E-state index contributed by atoms with van der Waals surface area (Å²) in [5, 5.41) is 13.5. The standard InChI is InChI=1S/C20H27N5O2/c1-14(2)23-18(26)17-13-16(6-5-15(17)3)24-19(27)20(7-10-21-11-8-20)25-12-4-9-22-25/h4-6,9,12-14,21H,7-8,10-11H2,1-3H3,(H,23,26)(H,24,27). The van der Waals surface area contributed by atoms with Crippen molar-refractivity contribution in [3.8, 4) is 0 Å². The molecule has 0 radical (unpaired) electrons. The van der Waals surface area contributed by atoms with Gasteiger partial charge in [-0.1, -0.05) is 6.07 Å². The van der Waals surface area contributed by atoms with Crippen molar-refractivity contribution in [2.24, 2.45) is 0 Å². The zero-order valence-corrected chi connectivity index (χ0v) is 16.1. The van der Waals surface area contributed by atoms with E-state index in [1.165, 1.54) is 0 Å². The zero-order valence-electron chi connectivity index (χ0n) is 16.1. The maximum Gasteiger partial charge on any atom is 0.252 e. The second-order valence-electron chi connectivity index (χ2n) is 7.34. The molecule has 1 saturated heterocycles. The van der Waals surface area contributed by atoms with Gasteiger partial charge in [0.2, 0.25) is 0 Å². The van der Waals surface area contributed by atoms with Crippen LogP contribution in [0.3, 0.4) is 0 Å². The maximum atomic E-state index is 13.2. The van der Waals surface area contributed by atoms with Crippen LogP contribution in [0.25, 0.3) is 0 Å². The predicted octanol–water partition coefficient (Wildman–Crippen LogP) is 2.05. The molecule has 1 aliphatic heterocycles. The third kappa shape index (κ3) is 4.03. The predicted molar refractivity (Wildman–Crippen MR) is 105 cm³/mol. The number of anilines is 1. The van der Waals surface area contributed by atoms with Gasteiger partial charge in [0.25, 0.3) is 11.8 Å². The van der Waals surface area contributed by atoms with Crippen molar-refractivity contribution >= 4 is 17.5 Å². The number of piperidine rings is 1. The van der Waals surface area contributed by atoms with Gasteiger partial charge < -0.3 is 16.0 Å². The topological polar surface area (TPSA) is 88.1 Å². The van der Waals surface area contributed by atoms with E-state index in [0.717, 1.165) is 18.7 Å². The van der Waals surface area contributed by atoms with Gasteiger partial charge in [-0.25, -0.2) is 0 Å². The van der Waals surface area contributed by atoms with Crippen LogP contribution in [0.4, 0.5) is 5.69 Å². The summed E-state index contributed by atoms with van der Waals surface area (Å²) in [5.41, 5.74) is 1.33. The number of benzene rings is 1. The first-order valence-electron chi connectivity index (χ1n) is 9.36. The van der Waals surface area contributed by atoms with Crippen molar-refractivity contribution in [3.05, 3.63) is 47.8 Å². The number of amides is 2. The van der Waals surface area contributed by atoms with Crippen LogP contribution in [-0.2, 0) is 10.3 Å². The number of aromatic nitrogens is 2. The molecular weight excluding hydrogens is 342 g/mol. The van der Waals surface area contributed by atoms with E-state index in [4.69, 9.17) is 0 Å². The highest BCUT2D eigenvalue weighted by Gasteiger charge is 2.42. The molecule has 7 heteroatoms. The van der Waals surface area contributed by atoms with Crippen molar-refractivity contribution in [1.29, 1.82) is 0 Å². The molecular formula is C20H27N5O2. The third-order valence-corrected chi connectivity index (χ3v) is 4.96. The van der Waals surface area contributed by atoms with Gasteiger partial charge in [0.15, 0.2) is 0 Å². The Hall–Kier alpha value is -2.67. The van der Waals surface area contributed by atoms with Crippen LogP contribution >= 0.6 is 0 Å². The Balaban J connectivity index is 1.85. The number of rotatable bonds is 5. The van der Waals surface area contributed by atoms with Crippen LogP contribution in [0.15, 0.2) is 36.7 Å². The van der Waals surface area contributed by atoms with Gasteiger partial charge in [-0.15, -0.1) is 0 Å². The van der Waals surface area contributed by atoms with E-state index < -0.39 is 5.54 Å². The SMILES string of the molecule is Cc1ccc(NC(=O)C2(n3cccn3)CCNCC2)cc1C(=O)NC(C)C. The molecule has 7 nitrogen and oxygen atoms in total. The Bertz CT molecular complexity index is 808. The van der Waals surface area contributed by atoms with Crippen LogP contribution in [0.2, 0.25) is 0 Å². The number of carbonyl (C=O) groups is 2. The van der Waals surface area contributed by atoms with Gasteiger partial charge in [0.1, 0.15) is 5.54 Å². The first-order chi connectivity index (χ1) is 12.9. The van der Waals surface area contributed by atoms with E-state index in [9.17, 15) is 9.59 Å². The van der Waals surface area contributed by atoms with Crippen molar-refractivity contribution in [1.82, 2.24) is 20.4 Å². The molecule has 1 aromatic heterocycles. The number of nitrogens with zero attached hydrogens (tertiary/aromatic N) is 2. The molecule has 0 bridgehead atoms. The average Bonchev–Trinajstić information content (AvgIpc) is 3.18. The minimum atomic E-state index is -0.722. The Morgan fingerprint density at radius 2 is 2.00 bits per heavy atom. The number of hydrogen-bond acceptors (Lipinski definition) is 4. The molecule has 2 aromatic rings. The summed E-state index contributed by atoms with van der Waals surface area (Å²) < 4.78 is 1.75. The monoisotopic (exact) mass is 369 g/mol. The highest BCUT2D eigenvalue weighted by molar-refractivity contribution is 6.00. The van der Waals surface area contributed by atoms with Crippen molar-refractivity contribution in [2.45, 2.75) is 45.2 Å². The van der Waals surface area contributed by atoms with Crippen molar-refractivity contribution in [3.63, 3.8) is 0 Å². The molecule has 0 atom stereocenters. The molecule has 144 valence electrons. The number of carbonyl (C=O) groups excluding carboxylic acids is 2. The molecule has 0 spiro atoms. The van der Waals surface area contributed by atoms with Gasteiger partial charge in [0.05, 0.1) is 0 Å². The van der Waals surface area contributed by atoms with E-state index in [0.29, 0.717) is 24.1 Å². The van der Waals surface area contributed by atoms with Gasteiger partial charge in [-0.3, -0.25) is 14.3 Å². The summed E-state index contributed by atoms with van der Waals surface area (Å²) in [6, 6.07) is 7.30. The zero-order chi connectivity index (χ0) is 19.4. The molecule has 0 saturated carbocycles. The summed E-state index contributed by atoms with van der Waals surface area (Å²) in [6.07, 6.45) is 4.85. The second-order valence-corrected chi connectivity index (χ2v) is 7.34. The van der Waals surface area contributed by atoms with E-state index in [1.807, 2.05) is 45.2 Å². The normalized spacial score (nSPS) is 16.1. The molecule has 0 unspecified atom stereocenters. The smallest absolute Gasteiger partial charge is 0.252 e. The Morgan fingerprint density at radius 3 is 2.63 bits per heavy atom. The van der Waals surface area contributed by atoms with Crippen molar-refractivity contribution < 1.29 is 9.59 Å². The minimum Gasteiger partial charge on any atom is -0.350 e. The molecule has 1 aromatic carbocycles. The molecule has 27 heavy (non-hydrogen) atoms. The number of hydrogen-bond donors (Lipinski definition) is 3. The van der Waals surface area contributed by atoms with E-state index in [2.05, 4.69) is 21.0 Å². The molecule has 3 N–H and O–H groups in total. The fourth-order valence-corrected chi connectivity index (χ4v) is 3.45. The van der Waals surface area contributed by atoms with Gasteiger partial charge >= 0.3 is 0 Å². The highest BCUT2D eigenvalue weighted by atomic mass is 16.2. The summed E-state index contributed by atoms with van der Waals surface area (Å²) in [6.45, 7) is 7.24. The third-order valence-electron chi connectivity index (χ3n) is 4.96. The fraction of sp³-hybridized carbons (Fsp3) is 0.450. The molecule has 2 amide bonds. The largest absolute Gasteiger partial charge is 0.350 e. The lowest BCUT2D eigenvalue weighted by Gasteiger charge is -2.36. The summed E-state index contributed by atoms with van der Waals surface area (Å²) >= 11 is 0. The van der Waals surface area contributed by atoms with E-state index in [-0.39, 0.29) is 17.9 Å². The summed E-state index contributed by atoms with van der Waals surface area (Å²) in [5.74, 6) is -0.242. The van der Waals surface area contributed by atoms with Crippen LogP contribution in [0.5, 0.6) is 0 Å². The first-order valence-corrected chi connectivity index (χ1v) is 9.36. The lowest BCUT2D eigenvalue weighted by Crippen LogP contribution is -2.52. The van der Waals surface area contributed by atoms with Crippen LogP contribution < -0.4 is 16.0 Å². The van der Waals surface area contributed by atoms with E-state index >= 15 is 0 Å². The maximum absolute atomic E-state index is 13.2. The number of nitrogens with one attached hydrogen (secondary N) is 3. The Labute approximate surface area is 159 Å².